The maximum absolute atomic E-state index is 13.2. The molecule has 1 saturated carbocycles. The van der Waals surface area contributed by atoms with Gasteiger partial charge < -0.3 is 5.32 Å². The zero-order valence-corrected chi connectivity index (χ0v) is 12.5. The second-order valence-electron chi connectivity index (χ2n) is 7.10. The fourth-order valence-corrected chi connectivity index (χ4v) is 2.47. The Balaban J connectivity index is 1.75. The Morgan fingerprint density at radius 3 is 2.58 bits per heavy atom. The van der Waals surface area contributed by atoms with Crippen molar-refractivity contribution in [3.63, 3.8) is 0 Å². The summed E-state index contributed by atoms with van der Waals surface area (Å²) >= 11 is 0. The second-order valence-corrected chi connectivity index (χ2v) is 7.10. The Kier molecular flexibility index (Phi) is 4.29. The molecule has 0 bridgehead atoms. The highest BCUT2D eigenvalue weighted by Crippen LogP contribution is 2.37. The van der Waals surface area contributed by atoms with Gasteiger partial charge >= 0.3 is 0 Å². The molecule has 0 amide bonds. The maximum Gasteiger partial charge on any atom is 0.123 e. The Morgan fingerprint density at radius 1 is 1.32 bits per heavy atom. The van der Waals surface area contributed by atoms with Gasteiger partial charge in [-0.2, -0.15) is 0 Å². The largest absolute Gasteiger partial charge is 0.314 e. The summed E-state index contributed by atoms with van der Waals surface area (Å²) in [6.07, 6.45) is 2.28. The van der Waals surface area contributed by atoms with Crippen molar-refractivity contribution in [3.8, 4) is 0 Å². The summed E-state index contributed by atoms with van der Waals surface area (Å²) in [6, 6.07) is 7.66. The van der Waals surface area contributed by atoms with E-state index in [-0.39, 0.29) is 5.82 Å². The fourth-order valence-electron chi connectivity index (χ4n) is 2.47. The van der Waals surface area contributed by atoms with Crippen molar-refractivity contribution in [3.05, 3.63) is 35.6 Å². The molecular formula is C17H26FN. The van der Waals surface area contributed by atoms with Crippen molar-refractivity contribution < 1.29 is 4.39 Å². The lowest BCUT2D eigenvalue weighted by Crippen LogP contribution is -2.43. The predicted molar refractivity (Wildman–Crippen MR) is 78.8 cm³/mol. The van der Waals surface area contributed by atoms with Crippen LogP contribution in [0.25, 0.3) is 0 Å². The summed E-state index contributed by atoms with van der Waals surface area (Å²) in [4.78, 5) is 0. The molecular weight excluding hydrogens is 237 g/mol. The van der Waals surface area contributed by atoms with Crippen LogP contribution in [0.1, 0.15) is 52.0 Å². The zero-order valence-electron chi connectivity index (χ0n) is 12.5. The average molecular weight is 263 g/mol. The van der Waals surface area contributed by atoms with Crippen LogP contribution in [0.3, 0.4) is 0 Å². The van der Waals surface area contributed by atoms with Crippen molar-refractivity contribution in [1.82, 2.24) is 5.32 Å². The quantitative estimate of drug-likeness (QED) is 0.852. The zero-order chi connectivity index (χ0) is 14.0. The molecule has 1 aromatic carbocycles. The standard InChI is InChI=1S/C17H26FN/c1-12(17(2,3)4)11-19-16-9-14(10-16)13-6-5-7-15(18)8-13/h5-8,12,14,16,19H,9-11H2,1-4H3. The van der Waals surface area contributed by atoms with Crippen LogP contribution in [-0.4, -0.2) is 12.6 Å². The smallest absolute Gasteiger partial charge is 0.123 e. The van der Waals surface area contributed by atoms with E-state index in [4.69, 9.17) is 0 Å². The van der Waals surface area contributed by atoms with Gasteiger partial charge in [0.05, 0.1) is 0 Å². The number of hydrogen-bond donors (Lipinski definition) is 1. The Morgan fingerprint density at radius 2 is 2.00 bits per heavy atom. The number of hydrogen-bond acceptors (Lipinski definition) is 1. The highest BCUT2D eigenvalue weighted by molar-refractivity contribution is 5.23. The van der Waals surface area contributed by atoms with Gasteiger partial charge in [-0.3, -0.25) is 0 Å². The molecule has 1 nitrogen and oxygen atoms in total. The van der Waals surface area contributed by atoms with Gasteiger partial charge in [0.1, 0.15) is 5.82 Å². The van der Waals surface area contributed by atoms with Crippen molar-refractivity contribution in [2.45, 2.75) is 52.5 Å². The molecule has 1 aromatic rings. The minimum Gasteiger partial charge on any atom is -0.314 e. The van der Waals surface area contributed by atoms with E-state index in [0.717, 1.165) is 24.9 Å². The first-order chi connectivity index (χ1) is 8.86. The molecule has 1 aliphatic carbocycles. The van der Waals surface area contributed by atoms with Crippen LogP contribution >= 0.6 is 0 Å². The molecule has 0 heterocycles. The van der Waals surface area contributed by atoms with E-state index >= 15 is 0 Å². The number of benzene rings is 1. The molecule has 0 radical (unpaired) electrons. The molecule has 0 aromatic heterocycles. The van der Waals surface area contributed by atoms with Gasteiger partial charge in [0, 0.05) is 6.04 Å². The van der Waals surface area contributed by atoms with Crippen LogP contribution < -0.4 is 5.32 Å². The summed E-state index contributed by atoms with van der Waals surface area (Å²) in [6.45, 7) is 10.2. The number of nitrogens with one attached hydrogen (secondary N) is 1. The molecule has 1 N–H and O–H groups in total. The van der Waals surface area contributed by atoms with Crippen molar-refractivity contribution in [2.24, 2.45) is 11.3 Å². The van der Waals surface area contributed by atoms with E-state index in [9.17, 15) is 4.39 Å². The minimum atomic E-state index is -0.115. The van der Waals surface area contributed by atoms with Gasteiger partial charge in [-0.1, -0.05) is 39.8 Å². The highest BCUT2D eigenvalue weighted by atomic mass is 19.1. The number of halogens is 1. The highest BCUT2D eigenvalue weighted by Gasteiger charge is 2.31. The Bertz CT molecular complexity index is 416. The first-order valence-electron chi connectivity index (χ1n) is 7.35. The first-order valence-corrected chi connectivity index (χ1v) is 7.35. The van der Waals surface area contributed by atoms with Crippen LogP contribution in [-0.2, 0) is 0 Å². The summed E-state index contributed by atoms with van der Waals surface area (Å²) in [7, 11) is 0. The van der Waals surface area contributed by atoms with Crippen LogP contribution in [0.15, 0.2) is 24.3 Å². The molecule has 1 aliphatic rings. The van der Waals surface area contributed by atoms with E-state index in [1.54, 1.807) is 6.07 Å². The summed E-state index contributed by atoms with van der Waals surface area (Å²) in [5.41, 5.74) is 1.51. The molecule has 1 fully saturated rings. The molecule has 106 valence electrons. The fraction of sp³-hybridized carbons (Fsp3) is 0.647. The lowest BCUT2D eigenvalue weighted by atomic mass is 9.75. The number of rotatable bonds is 4. The van der Waals surface area contributed by atoms with Gasteiger partial charge in [0.25, 0.3) is 0 Å². The summed E-state index contributed by atoms with van der Waals surface area (Å²) < 4.78 is 13.2. The molecule has 0 aliphatic heterocycles. The molecule has 0 spiro atoms. The predicted octanol–water partition coefficient (Wildman–Crippen LogP) is 4.34. The van der Waals surface area contributed by atoms with Gasteiger partial charge in [0.15, 0.2) is 0 Å². The third kappa shape index (κ3) is 3.79. The van der Waals surface area contributed by atoms with Gasteiger partial charge in [0.2, 0.25) is 0 Å². The van der Waals surface area contributed by atoms with Gasteiger partial charge in [-0.25, -0.2) is 4.39 Å². The van der Waals surface area contributed by atoms with Gasteiger partial charge in [-0.15, -0.1) is 0 Å². The third-order valence-electron chi connectivity index (χ3n) is 4.65. The molecule has 1 atom stereocenters. The van der Waals surface area contributed by atoms with Crippen LogP contribution in [0.5, 0.6) is 0 Å². The Labute approximate surface area is 116 Å². The van der Waals surface area contributed by atoms with E-state index in [2.05, 4.69) is 33.0 Å². The van der Waals surface area contributed by atoms with E-state index in [1.807, 2.05) is 12.1 Å². The van der Waals surface area contributed by atoms with E-state index in [1.165, 1.54) is 6.07 Å². The lowest BCUT2D eigenvalue weighted by molar-refractivity contribution is 0.215. The van der Waals surface area contributed by atoms with Crippen molar-refractivity contribution in [1.29, 1.82) is 0 Å². The minimum absolute atomic E-state index is 0.115. The third-order valence-corrected chi connectivity index (χ3v) is 4.65. The van der Waals surface area contributed by atoms with Crippen LogP contribution in [0.2, 0.25) is 0 Å². The molecule has 19 heavy (non-hydrogen) atoms. The van der Waals surface area contributed by atoms with E-state index < -0.39 is 0 Å². The lowest BCUT2D eigenvalue weighted by Gasteiger charge is -2.38. The van der Waals surface area contributed by atoms with Crippen molar-refractivity contribution >= 4 is 0 Å². The molecule has 0 saturated heterocycles. The second kappa shape index (κ2) is 5.62. The molecule has 2 heteroatoms. The van der Waals surface area contributed by atoms with E-state index in [0.29, 0.717) is 23.3 Å². The topological polar surface area (TPSA) is 12.0 Å². The monoisotopic (exact) mass is 263 g/mol. The summed E-state index contributed by atoms with van der Waals surface area (Å²) in [5.74, 6) is 1.09. The molecule has 1 unspecified atom stereocenters. The first kappa shape index (κ1) is 14.5. The van der Waals surface area contributed by atoms with Crippen molar-refractivity contribution in [2.75, 3.05) is 6.54 Å². The Hall–Kier alpha value is -0.890. The SMILES string of the molecule is CC(CNC1CC(c2cccc(F)c2)C1)C(C)(C)C. The van der Waals surface area contributed by atoms with Gasteiger partial charge in [-0.05, 0) is 54.3 Å². The summed E-state index contributed by atoms with van der Waals surface area (Å²) in [5, 5.41) is 3.65. The molecule has 2 rings (SSSR count). The normalized spacial score (nSPS) is 24.9. The van der Waals surface area contributed by atoms with Crippen LogP contribution in [0.4, 0.5) is 4.39 Å². The maximum atomic E-state index is 13.2. The van der Waals surface area contributed by atoms with Crippen LogP contribution in [0, 0.1) is 17.2 Å². The average Bonchev–Trinajstić information content (AvgIpc) is 2.25.